The van der Waals surface area contributed by atoms with Crippen LogP contribution in [-0.4, -0.2) is 18.4 Å². The first-order chi connectivity index (χ1) is 11.9. The number of rotatable bonds is 4. The molecule has 7 heteroatoms. The predicted molar refractivity (Wildman–Crippen MR) is 99.2 cm³/mol. The highest BCUT2D eigenvalue weighted by Crippen LogP contribution is 2.33. The van der Waals surface area contributed by atoms with E-state index in [1.807, 2.05) is 31.2 Å². The molecule has 0 bridgehead atoms. The van der Waals surface area contributed by atoms with Crippen LogP contribution in [0.1, 0.15) is 11.1 Å². The van der Waals surface area contributed by atoms with E-state index in [1.54, 1.807) is 31.2 Å². The van der Waals surface area contributed by atoms with Gasteiger partial charge in [-0.25, -0.2) is 18.4 Å². The van der Waals surface area contributed by atoms with Crippen LogP contribution in [0.15, 0.2) is 59.8 Å². The molecule has 1 aromatic heterocycles. The zero-order valence-electron chi connectivity index (χ0n) is 13.7. The lowest BCUT2D eigenvalue weighted by molar-refractivity contribution is 0.600. The van der Waals surface area contributed by atoms with Crippen molar-refractivity contribution in [2.75, 3.05) is 4.72 Å². The number of aromatic nitrogens is 2. The molecular weight excluding hydrogens is 358 g/mol. The van der Waals surface area contributed by atoms with Gasteiger partial charge in [-0.05, 0) is 31.0 Å². The van der Waals surface area contributed by atoms with Crippen LogP contribution in [0.2, 0.25) is 5.15 Å². The summed E-state index contributed by atoms with van der Waals surface area (Å²) in [5, 5.41) is 0.182. The highest BCUT2D eigenvalue weighted by Gasteiger charge is 2.21. The lowest BCUT2D eigenvalue weighted by atomic mass is 10.1. The number of hydrogen-bond acceptors (Lipinski definition) is 4. The number of anilines is 1. The molecule has 0 aliphatic carbocycles. The third-order valence-corrected chi connectivity index (χ3v) is 5.54. The second kappa shape index (κ2) is 6.82. The smallest absolute Gasteiger partial charge is 0.263 e. The van der Waals surface area contributed by atoms with Gasteiger partial charge in [-0.15, -0.1) is 0 Å². The first kappa shape index (κ1) is 17.4. The lowest BCUT2D eigenvalue weighted by Crippen LogP contribution is -2.16. The highest BCUT2D eigenvalue weighted by molar-refractivity contribution is 7.92. The van der Waals surface area contributed by atoms with Crippen molar-refractivity contribution in [2.45, 2.75) is 18.7 Å². The van der Waals surface area contributed by atoms with Gasteiger partial charge in [0, 0.05) is 0 Å². The van der Waals surface area contributed by atoms with E-state index in [0.717, 1.165) is 11.1 Å². The van der Waals surface area contributed by atoms with Crippen molar-refractivity contribution in [1.29, 1.82) is 0 Å². The molecule has 0 amide bonds. The SMILES string of the molecule is Cc1ccc(-c2c(Cl)ncnc2NS(=O)(=O)c2ccccc2C)cc1. The maximum Gasteiger partial charge on any atom is 0.263 e. The molecule has 0 saturated heterocycles. The van der Waals surface area contributed by atoms with Gasteiger partial charge < -0.3 is 0 Å². The molecule has 0 atom stereocenters. The van der Waals surface area contributed by atoms with Gasteiger partial charge in [-0.3, -0.25) is 4.72 Å². The molecule has 0 aliphatic rings. The molecule has 0 aliphatic heterocycles. The summed E-state index contributed by atoms with van der Waals surface area (Å²) in [6, 6.07) is 14.3. The van der Waals surface area contributed by atoms with Crippen molar-refractivity contribution in [3.8, 4) is 11.1 Å². The fourth-order valence-corrected chi connectivity index (χ4v) is 3.97. The van der Waals surface area contributed by atoms with Crippen molar-refractivity contribution in [3.05, 3.63) is 71.1 Å². The number of nitrogens with zero attached hydrogens (tertiary/aromatic N) is 2. The number of halogens is 1. The zero-order chi connectivity index (χ0) is 18.0. The number of sulfonamides is 1. The summed E-state index contributed by atoms with van der Waals surface area (Å²) in [6.07, 6.45) is 1.23. The Hall–Kier alpha value is -2.44. The number of nitrogens with one attached hydrogen (secondary N) is 1. The van der Waals surface area contributed by atoms with Crippen LogP contribution in [0.4, 0.5) is 5.82 Å². The van der Waals surface area contributed by atoms with Gasteiger partial charge in [0.05, 0.1) is 10.5 Å². The highest BCUT2D eigenvalue weighted by atomic mass is 35.5. The molecule has 1 heterocycles. The van der Waals surface area contributed by atoms with Crippen LogP contribution in [0.25, 0.3) is 11.1 Å². The molecular formula is C18H16ClN3O2S. The van der Waals surface area contributed by atoms with Crippen LogP contribution in [0, 0.1) is 13.8 Å². The lowest BCUT2D eigenvalue weighted by Gasteiger charge is -2.14. The second-order valence-electron chi connectivity index (χ2n) is 5.63. The third kappa shape index (κ3) is 3.65. The molecule has 25 heavy (non-hydrogen) atoms. The number of benzene rings is 2. The molecule has 5 nitrogen and oxygen atoms in total. The number of aryl methyl sites for hydroxylation is 2. The Morgan fingerprint density at radius 1 is 0.960 bits per heavy atom. The molecule has 0 saturated carbocycles. The Balaban J connectivity index is 2.08. The zero-order valence-corrected chi connectivity index (χ0v) is 15.3. The minimum Gasteiger partial charge on any atom is -0.263 e. The fourth-order valence-electron chi connectivity index (χ4n) is 2.46. The summed E-state index contributed by atoms with van der Waals surface area (Å²) < 4.78 is 28.0. The van der Waals surface area contributed by atoms with E-state index >= 15 is 0 Å². The summed E-state index contributed by atoms with van der Waals surface area (Å²) in [7, 11) is -3.80. The van der Waals surface area contributed by atoms with E-state index in [2.05, 4.69) is 14.7 Å². The number of hydrogen-bond donors (Lipinski definition) is 1. The molecule has 2 aromatic carbocycles. The predicted octanol–water partition coefficient (Wildman–Crippen LogP) is 4.21. The Morgan fingerprint density at radius 3 is 2.32 bits per heavy atom. The molecule has 0 spiro atoms. The van der Waals surface area contributed by atoms with Crippen molar-refractivity contribution >= 4 is 27.4 Å². The largest absolute Gasteiger partial charge is 0.263 e. The van der Waals surface area contributed by atoms with Gasteiger partial charge in [0.2, 0.25) is 0 Å². The Labute approximate surface area is 151 Å². The molecule has 0 fully saturated rings. The van der Waals surface area contributed by atoms with E-state index in [1.165, 1.54) is 6.33 Å². The molecule has 128 valence electrons. The normalized spacial score (nSPS) is 11.3. The van der Waals surface area contributed by atoms with Crippen molar-refractivity contribution in [3.63, 3.8) is 0 Å². The molecule has 3 rings (SSSR count). The summed E-state index contributed by atoms with van der Waals surface area (Å²) >= 11 is 6.22. The quantitative estimate of drug-likeness (QED) is 0.695. The third-order valence-electron chi connectivity index (χ3n) is 3.76. The standard InChI is InChI=1S/C18H16ClN3O2S/c1-12-7-9-14(10-8-12)16-17(19)20-11-21-18(16)22-25(23,24)15-6-4-3-5-13(15)2/h3-11H,1-2H3,(H,20,21,22). The van der Waals surface area contributed by atoms with E-state index in [4.69, 9.17) is 11.6 Å². The molecule has 1 N–H and O–H groups in total. The van der Waals surface area contributed by atoms with E-state index < -0.39 is 10.0 Å². The molecule has 3 aromatic rings. The van der Waals surface area contributed by atoms with Gasteiger partial charge in [0.1, 0.15) is 11.5 Å². The average molecular weight is 374 g/mol. The van der Waals surface area contributed by atoms with Crippen LogP contribution in [-0.2, 0) is 10.0 Å². The summed E-state index contributed by atoms with van der Waals surface area (Å²) in [6.45, 7) is 3.71. The van der Waals surface area contributed by atoms with Crippen molar-refractivity contribution in [2.24, 2.45) is 0 Å². The van der Waals surface area contributed by atoms with Gasteiger partial charge in [-0.1, -0.05) is 59.6 Å². The minimum atomic E-state index is -3.80. The monoisotopic (exact) mass is 373 g/mol. The Morgan fingerprint density at radius 2 is 1.64 bits per heavy atom. The Kier molecular flexibility index (Phi) is 4.74. The van der Waals surface area contributed by atoms with Crippen LogP contribution < -0.4 is 4.72 Å². The first-order valence-corrected chi connectivity index (χ1v) is 9.40. The van der Waals surface area contributed by atoms with Crippen LogP contribution in [0.5, 0.6) is 0 Å². The van der Waals surface area contributed by atoms with Gasteiger partial charge in [-0.2, -0.15) is 0 Å². The minimum absolute atomic E-state index is 0.145. The summed E-state index contributed by atoms with van der Waals surface area (Å²) in [4.78, 5) is 8.27. The van der Waals surface area contributed by atoms with E-state index in [-0.39, 0.29) is 15.9 Å². The van der Waals surface area contributed by atoms with Crippen molar-refractivity contribution < 1.29 is 8.42 Å². The van der Waals surface area contributed by atoms with E-state index in [9.17, 15) is 8.42 Å². The van der Waals surface area contributed by atoms with Crippen molar-refractivity contribution in [1.82, 2.24) is 9.97 Å². The fraction of sp³-hybridized carbons (Fsp3) is 0.111. The van der Waals surface area contributed by atoms with E-state index in [0.29, 0.717) is 11.1 Å². The van der Waals surface area contributed by atoms with Crippen LogP contribution >= 0.6 is 11.6 Å². The maximum atomic E-state index is 12.8. The summed E-state index contributed by atoms with van der Waals surface area (Å²) in [5.74, 6) is 0.145. The van der Waals surface area contributed by atoms with Crippen LogP contribution in [0.3, 0.4) is 0 Å². The topological polar surface area (TPSA) is 72.0 Å². The Bertz CT molecular complexity index is 1020. The average Bonchev–Trinajstić information content (AvgIpc) is 2.56. The second-order valence-corrected chi connectivity index (χ2v) is 7.63. The van der Waals surface area contributed by atoms with Gasteiger partial charge in [0.25, 0.3) is 10.0 Å². The maximum absolute atomic E-state index is 12.8. The van der Waals surface area contributed by atoms with Gasteiger partial charge in [0.15, 0.2) is 5.82 Å². The first-order valence-electron chi connectivity index (χ1n) is 7.54. The molecule has 0 unspecified atom stereocenters. The summed E-state index contributed by atoms with van der Waals surface area (Å²) in [5.41, 5.74) is 2.91. The van der Waals surface area contributed by atoms with Gasteiger partial charge >= 0.3 is 0 Å². The molecule has 0 radical (unpaired) electrons.